The van der Waals surface area contributed by atoms with Gasteiger partial charge >= 0.3 is 30.1 Å². The summed E-state index contributed by atoms with van der Waals surface area (Å²) in [5.41, 5.74) is 1.62. The number of alkyl carbamates (subject to hydrolysis) is 2. The average molecular weight is 679 g/mol. The van der Waals surface area contributed by atoms with Gasteiger partial charge in [-0.3, -0.25) is 9.59 Å². The largest absolute Gasteiger partial charge is 0.480 e. The predicted molar refractivity (Wildman–Crippen MR) is 177 cm³/mol. The molecule has 0 aliphatic carbocycles. The van der Waals surface area contributed by atoms with E-state index in [0.717, 1.165) is 0 Å². The molecule has 0 radical (unpaired) electrons. The molecule has 0 unspecified atom stereocenters. The fourth-order valence-electron chi connectivity index (χ4n) is 3.15. The first-order valence-electron chi connectivity index (χ1n) is 15.4. The second-order valence-corrected chi connectivity index (χ2v) is 14.7. The summed E-state index contributed by atoms with van der Waals surface area (Å²) in [6, 6.07) is -1.21. The van der Waals surface area contributed by atoms with Crippen LogP contribution in [-0.2, 0) is 38.1 Å². The van der Waals surface area contributed by atoms with Crippen LogP contribution in [0.5, 0.6) is 0 Å². The Morgan fingerprint density at radius 2 is 1.00 bits per heavy atom. The number of carbonyl (C=O) groups excluding carboxylic acids is 5. The minimum atomic E-state index is -1.32. The molecule has 0 aromatic rings. The van der Waals surface area contributed by atoms with Crippen molar-refractivity contribution in [3.05, 3.63) is 0 Å². The Balaban J connectivity index is -0.000000684. The summed E-state index contributed by atoms with van der Waals surface area (Å²) in [5, 5.41) is 16.1. The second-order valence-electron chi connectivity index (χ2n) is 14.7. The first-order chi connectivity index (χ1) is 20.9. The van der Waals surface area contributed by atoms with Crippen LogP contribution in [0.3, 0.4) is 0 Å². The molecule has 0 saturated carbocycles. The van der Waals surface area contributed by atoms with Crippen LogP contribution in [0.2, 0.25) is 0 Å². The van der Waals surface area contributed by atoms with Crippen molar-refractivity contribution in [3.8, 4) is 0 Å². The van der Waals surface area contributed by atoms with Crippen LogP contribution in [0, 0.1) is 11.8 Å². The van der Waals surface area contributed by atoms with Crippen molar-refractivity contribution < 1.29 is 52.8 Å². The van der Waals surface area contributed by atoms with Crippen LogP contribution in [0.4, 0.5) is 9.59 Å². The Hall–Kier alpha value is -3.62. The third-order valence-electron chi connectivity index (χ3n) is 5.46. The quantitative estimate of drug-likeness (QED) is 0.155. The molecule has 15 nitrogen and oxygen atoms in total. The number of hydrogen-bond donors (Lipinski definition) is 5. The van der Waals surface area contributed by atoms with Gasteiger partial charge in [-0.15, -0.1) is 0 Å². The van der Waals surface area contributed by atoms with Gasteiger partial charge in [0.15, 0.2) is 0 Å². The van der Waals surface area contributed by atoms with Crippen molar-refractivity contribution in [2.45, 2.75) is 144 Å². The number of aliphatic carboxylic acids is 1. The number of methoxy groups -OCH3 is 2. The molecule has 0 aliphatic rings. The van der Waals surface area contributed by atoms with Crippen LogP contribution in [-0.4, -0.2) is 89.7 Å². The predicted octanol–water partition coefficient (Wildman–Crippen LogP) is 3.90. The molecule has 2 atom stereocenters. The van der Waals surface area contributed by atoms with Gasteiger partial charge in [-0.25, -0.2) is 19.2 Å². The number of hydrogen-bond acceptors (Lipinski definition) is 11. The Labute approximate surface area is 280 Å². The molecular formula is C32H62N4O11. The first kappa shape index (κ1) is 47.8. The van der Waals surface area contributed by atoms with Gasteiger partial charge in [-0.05, 0) is 93.9 Å². The highest BCUT2D eigenvalue weighted by molar-refractivity contribution is 5.92. The maximum Gasteiger partial charge on any atom is 0.408 e. The fourth-order valence-corrected chi connectivity index (χ4v) is 3.15. The number of carboxylic acid groups (broad SMARTS) is 1. The van der Waals surface area contributed by atoms with E-state index in [1.54, 1.807) is 41.5 Å². The summed E-state index contributed by atoms with van der Waals surface area (Å²) >= 11 is 0. The summed E-state index contributed by atoms with van der Waals surface area (Å²) < 4.78 is 19.2. The van der Waals surface area contributed by atoms with Gasteiger partial charge in [-0.1, -0.05) is 27.7 Å². The van der Waals surface area contributed by atoms with Crippen molar-refractivity contribution in [1.29, 1.82) is 0 Å². The zero-order chi connectivity index (χ0) is 38.1. The molecule has 0 heterocycles. The van der Waals surface area contributed by atoms with Crippen molar-refractivity contribution in [2.75, 3.05) is 14.2 Å². The topological polar surface area (TPSA) is 222 Å². The van der Waals surface area contributed by atoms with Gasteiger partial charge in [0.25, 0.3) is 0 Å². The summed E-state index contributed by atoms with van der Waals surface area (Å²) in [6.45, 7) is 24.1. The molecule has 0 fully saturated rings. The maximum atomic E-state index is 12.4. The van der Waals surface area contributed by atoms with Crippen LogP contribution in [0.25, 0.3) is 0 Å². The lowest BCUT2D eigenvalue weighted by atomic mass is 10.0. The lowest BCUT2D eigenvalue weighted by Gasteiger charge is -2.29. The summed E-state index contributed by atoms with van der Waals surface area (Å²) in [4.78, 5) is 68.5. The van der Waals surface area contributed by atoms with Gasteiger partial charge < -0.3 is 45.7 Å². The highest BCUT2D eigenvalue weighted by Gasteiger charge is 2.35. The van der Waals surface area contributed by atoms with Crippen molar-refractivity contribution in [1.82, 2.24) is 16.0 Å². The summed E-state index contributed by atoms with van der Waals surface area (Å²) in [6.07, 6.45) is -0.297. The molecule has 0 aromatic carbocycles. The number of nitrogens with two attached hydrogens (primary N) is 1. The Bertz CT molecular complexity index is 1030. The molecular weight excluding hydrogens is 616 g/mol. The zero-order valence-corrected chi connectivity index (χ0v) is 31.3. The highest BCUT2D eigenvalue weighted by atomic mass is 16.6. The SMILES string of the molecule is CC(C)(C)OC(=O)NC(C)(C)C(=O)O.COC(=O)[C@@H](CC(C)C)NC(=O)C(C)(C)NC(=O)OC(C)(C)C.COC(=O)[C@H](N)CC(C)C. The third-order valence-corrected chi connectivity index (χ3v) is 5.46. The highest BCUT2D eigenvalue weighted by Crippen LogP contribution is 2.12. The smallest absolute Gasteiger partial charge is 0.408 e. The van der Waals surface area contributed by atoms with E-state index in [-0.39, 0.29) is 11.9 Å². The summed E-state index contributed by atoms with van der Waals surface area (Å²) in [5.74, 6) is -1.80. The lowest BCUT2D eigenvalue weighted by Crippen LogP contribution is -2.58. The number of rotatable bonds is 11. The molecule has 47 heavy (non-hydrogen) atoms. The molecule has 3 amide bonds. The average Bonchev–Trinajstić information content (AvgIpc) is 2.84. The molecule has 276 valence electrons. The van der Waals surface area contributed by atoms with Crippen LogP contribution >= 0.6 is 0 Å². The van der Waals surface area contributed by atoms with Crippen molar-refractivity contribution in [2.24, 2.45) is 17.6 Å². The van der Waals surface area contributed by atoms with Crippen molar-refractivity contribution in [3.63, 3.8) is 0 Å². The third kappa shape index (κ3) is 25.2. The lowest BCUT2D eigenvalue weighted by molar-refractivity contribution is -0.146. The molecule has 0 spiro atoms. The maximum absolute atomic E-state index is 12.4. The molecule has 6 N–H and O–H groups in total. The minimum Gasteiger partial charge on any atom is -0.480 e. The van der Waals surface area contributed by atoms with Crippen molar-refractivity contribution >= 4 is 36.0 Å². The Morgan fingerprint density at radius 1 is 0.638 bits per heavy atom. The van der Waals surface area contributed by atoms with Crippen LogP contribution in [0.15, 0.2) is 0 Å². The van der Waals surface area contributed by atoms with E-state index in [4.69, 9.17) is 25.1 Å². The number of ether oxygens (including phenoxy) is 4. The van der Waals surface area contributed by atoms with Gasteiger partial charge in [0.1, 0.15) is 34.4 Å². The number of carbonyl (C=O) groups is 6. The van der Waals surface area contributed by atoms with Gasteiger partial charge in [-0.2, -0.15) is 0 Å². The molecule has 0 saturated heterocycles. The second kappa shape index (κ2) is 20.6. The van der Waals surface area contributed by atoms with E-state index < -0.39 is 64.4 Å². The minimum absolute atomic E-state index is 0.196. The van der Waals surface area contributed by atoms with Gasteiger partial charge in [0.05, 0.1) is 14.2 Å². The van der Waals surface area contributed by atoms with E-state index in [1.807, 2.05) is 27.7 Å². The molecule has 0 aliphatic heterocycles. The van der Waals surface area contributed by atoms with E-state index in [2.05, 4.69) is 20.7 Å². The van der Waals surface area contributed by atoms with E-state index in [0.29, 0.717) is 18.8 Å². The molecule has 0 aromatic heterocycles. The molecule has 0 rings (SSSR count). The monoisotopic (exact) mass is 678 g/mol. The van der Waals surface area contributed by atoms with E-state index >= 15 is 0 Å². The Kier molecular flexibility index (Phi) is 20.9. The first-order valence-corrected chi connectivity index (χ1v) is 15.4. The van der Waals surface area contributed by atoms with Gasteiger partial charge in [0, 0.05) is 0 Å². The summed E-state index contributed by atoms with van der Waals surface area (Å²) in [7, 11) is 2.62. The molecule has 15 heteroatoms. The number of nitrogens with one attached hydrogen (secondary N) is 3. The van der Waals surface area contributed by atoms with Gasteiger partial charge in [0.2, 0.25) is 5.91 Å². The standard InChI is InChI=1S/C16H30N2O5.C9H17NO4.C7H15NO2/c1-10(2)9-11(12(19)22-8)17-13(20)16(6,7)18-14(21)23-15(3,4)5;1-8(2,3)14-7(13)10-9(4,5)6(11)12;1-5(2)4-6(8)7(9)10-3/h10-11H,9H2,1-8H3,(H,17,20)(H,18,21);1-5H3,(H,10,13)(H,11,12);5-6H,4,8H2,1-3H3/t11-;;6-/m1.1/s1. The van der Waals surface area contributed by atoms with E-state index in [9.17, 15) is 28.8 Å². The van der Waals surface area contributed by atoms with Crippen LogP contribution < -0.4 is 21.7 Å². The number of carboxylic acids is 1. The van der Waals surface area contributed by atoms with Crippen LogP contribution in [0.1, 0.15) is 110 Å². The zero-order valence-electron chi connectivity index (χ0n) is 31.3. The number of amides is 3. The van der Waals surface area contributed by atoms with E-state index in [1.165, 1.54) is 41.9 Å². The Morgan fingerprint density at radius 3 is 1.30 bits per heavy atom. The fraction of sp³-hybridized carbons (Fsp3) is 0.812. The number of esters is 2. The normalized spacial score (nSPS) is 12.9. The molecule has 0 bridgehead atoms.